The van der Waals surface area contributed by atoms with Crippen LogP contribution in [0.25, 0.3) is 4.85 Å². The molecular formula is C81H92Br2N10O10. The molecule has 5 aromatic carbocycles. The minimum Gasteiger partial charge on any atom is -0.501 e. The molecule has 3 fully saturated rings. The highest BCUT2D eigenvalue weighted by molar-refractivity contribution is 9.10. The van der Waals surface area contributed by atoms with Gasteiger partial charge in [0.1, 0.15) is 30.7 Å². The number of aromatic amines is 1. The molecule has 0 atom stereocenters. The lowest BCUT2D eigenvalue weighted by atomic mass is 9.75. The normalized spacial score (nSPS) is 16.3. The van der Waals surface area contributed by atoms with Crippen molar-refractivity contribution in [3.8, 4) is 17.2 Å². The first kappa shape index (κ1) is 75.1. The lowest BCUT2D eigenvalue weighted by molar-refractivity contribution is 0.0626. The van der Waals surface area contributed by atoms with E-state index in [1.54, 1.807) is 9.47 Å². The van der Waals surface area contributed by atoms with Gasteiger partial charge in [0.05, 0.1) is 13.2 Å². The Kier molecular flexibility index (Phi) is 24.2. The molecule has 0 saturated heterocycles. The molecule has 20 nitrogen and oxygen atoms in total. The maximum Gasteiger partial charge on any atom is 0.316 e. The topological polar surface area (TPSA) is 240 Å². The predicted molar refractivity (Wildman–Crippen MR) is 403 cm³/mol. The molecule has 3 amide bonds. The van der Waals surface area contributed by atoms with Crippen molar-refractivity contribution >= 4 is 55.3 Å². The second kappa shape index (κ2) is 33.2. The summed E-state index contributed by atoms with van der Waals surface area (Å²) in [5.41, 5.74) is 4.28. The number of hydrogen-bond donors (Lipinski definition) is 3. The van der Waals surface area contributed by atoms with Gasteiger partial charge >= 0.3 is 11.1 Å². The number of halogens is 2. The highest BCUT2D eigenvalue weighted by Crippen LogP contribution is 2.47. The lowest BCUT2D eigenvalue weighted by Crippen LogP contribution is -2.47. The highest BCUT2D eigenvalue weighted by atomic mass is 79.9. The summed E-state index contributed by atoms with van der Waals surface area (Å²) < 4.78 is 17.7. The third kappa shape index (κ3) is 16.8. The molecule has 3 aliphatic carbocycles. The van der Waals surface area contributed by atoms with Crippen LogP contribution in [-0.4, -0.2) is 116 Å². The fourth-order valence-corrected chi connectivity index (χ4v) is 16.3. The number of nitrogens with one attached hydrogen (secondary N) is 1. The Labute approximate surface area is 618 Å². The number of benzene rings is 5. The molecule has 2 aliphatic heterocycles. The van der Waals surface area contributed by atoms with Gasteiger partial charge in [0.2, 0.25) is 17.2 Å². The Bertz CT molecular complexity index is 4540. The molecule has 5 aliphatic rings. The van der Waals surface area contributed by atoms with Crippen LogP contribution >= 0.6 is 31.9 Å². The molecule has 3 saturated carbocycles. The Morgan fingerprint density at radius 3 is 1.42 bits per heavy atom. The van der Waals surface area contributed by atoms with E-state index in [1.807, 2.05) is 148 Å². The third-order valence-corrected chi connectivity index (χ3v) is 22.3. The van der Waals surface area contributed by atoms with Gasteiger partial charge in [0, 0.05) is 95.3 Å². The number of carbonyl (C=O) groups excluding carboxylic acids is 3. The van der Waals surface area contributed by atoms with E-state index in [2.05, 4.69) is 88.1 Å². The minimum atomic E-state index is -0.744. The number of aromatic hydroxyl groups is 1. The van der Waals surface area contributed by atoms with Crippen molar-refractivity contribution in [2.75, 3.05) is 26.2 Å². The summed E-state index contributed by atoms with van der Waals surface area (Å²) in [4.78, 5) is 104. The van der Waals surface area contributed by atoms with E-state index in [-0.39, 0.29) is 95.4 Å². The fraction of sp³-hybridized carbons (Fsp3) is 0.432. The van der Waals surface area contributed by atoms with Crippen LogP contribution in [0.5, 0.6) is 17.2 Å². The van der Waals surface area contributed by atoms with Crippen LogP contribution in [-0.2, 0) is 61.8 Å². The molecule has 5 heterocycles. The van der Waals surface area contributed by atoms with Crippen LogP contribution in [0.15, 0.2) is 157 Å². The Hall–Kier alpha value is -9.04. The van der Waals surface area contributed by atoms with Crippen molar-refractivity contribution in [1.29, 1.82) is 0 Å². The first-order valence-electron chi connectivity index (χ1n) is 36.0. The smallest absolute Gasteiger partial charge is 0.316 e. The predicted octanol–water partition coefficient (Wildman–Crippen LogP) is 13.9. The van der Waals surface area contributed by atoms with E-state index in [0.717, 1.165) is 103 Å². The molecule has 22 heteroatoms. The molecule has 0 bridgehead atoms. The van der Waals surface area contributed by atoms with Crippen molar-refractivity contribution in [1.82, 2.24) is 43.8 Å². The van der Waals surface area contributed by atoms with Crippen molar-refractivity contribution in [2.45, 2.75) is 199 Å². The number of H-pyrrole nitrogens is 1. The number of fused-ring (bicyclic) bond motifs is 2. The van der Waals surface area contributed by atoms with Crippen LogP contribution in [0.4, 0.5) is 5.69 Å². The van der Waals surface area contributed by atoms with Crippen LogP contribution in [0.2, 0.25) is 0 Å². The van der Waals surface area contributed by atoms with E-state index in [9.17, 15) is 39.0 Å². The number of aliphatic hydroxyl groups is 1. The number of amides is 3. The van der Waals surface area contributed by atoms with E-state index < -0.39 is 28.3 Å². The average Bonchev–Trinajstić information content (AvgIpc) is 1.63. The number of hydrogen-bond acceptors (Lipinski definition) is 13. The number of ether oxygens (including phenoxy) is 2. The Balaban J connectivity index is 0.000000156. The van der Waals surface area contributed by atoms with Gasteiger partial charge in [-0.25, -0.2) is 9.83 Å². The molecule has 8 aromatic rings. The molecule has 0 unspecified atom stereocenters. The van der Waals surface area contributed by atoms with E-state index >= 15 is 0 Å². The fourth-order valence-electron chi connectivity index (χ4n) is 15.8. The molecule has 3 N–H and O–H groups in total. The van der Waals surface area contributed by atoms with Crippen molar-refractivity contribution in [3.05, 3.63) is 247 Å². The number of aliphatic hydroxyl groups excluding tert-OH is 1. The van der Waals surface area contributed by atoms with Gasteiger partial charge in [-0.1, -0.05) is 180 Å². The number of aromatic nitrogens is 6. The quantitative estimate of drug-likeness (QED) is 0.0568. The summed E-state index contributed by atoms with van der Waals surface area (Å²) in [5, 5.41) is 19.9. The maximum absolute atomic E-state index is 13.7. The summed E-state index contributed by atoms with van der Waals surface area (Å²) in [5.74, 6) is 0.203. The van der Waals surface area contributed by atoms with Gasteiger partial charge in [-0.3, -0.25) is 28.8 Å². The van der Waals surface area contributed by atoms with Gasteiger partial charge in [-0.15, -0.1) is 0 Å². The summed E-state index contributed by atoms with van der Waals surface area (Å²) >= 11 is 7.06. The number of nitrogens with zero attached hydrogens (tertiary/aromatic N) is 9. The van der Waals surface area contributed by atoms with Crippen molar-refractivity contribution in [2.24, 2.45) is 0 Å². The standard InChI is InChI=1S/C29H34BrN3O4.C29H32BrN3O3.C23H26N4O3/c1-20(2)33(16-17-34)28(36)25-26(37-19-21-8-4-3-5-9-21)27(35)32-24(31-25)18-29(14-6-7-15-29)22-10-12-23(30)13-11-22;1-20(2)32-16-17-33-24(18-29(14-6-7-15-29)22-10-12-23(30)13-11-22)31-27(34)26(25(33)28(32)35)36-19-21-8-4-3-5-9-21;1-15(2)26-12-13-27-18(25-21(29)20(28)19(27)22(26)30)14-23(10-4-5-11-23)16-6-8-17(24-3)9-7-16/h3-5,8-13,20,34H,6-7,14-19H2,1-2H3,(H,31,32,35);3-5,8-13,20H,6-7,14-19H2,1-2H3;6-9,15,28H,4-5,10-14H2,1-2H3. The maximum atomic E-state index is 13.7. The summed E-state index contributed by atoms with van der Waals surface area (Å²) in [6, 6.07) is 43.5. The molecule has 0 radical (unpaired) electrons. The minimum absolute atomic E-state index is 0.0132. The summed E-state index contributed by atoms with van der Waals surface area (Å²) in [6.45, 7) is 21.3. The van der Waals surface area contributed by atoms with Gasteiger partial charge in [-0.05, 0) is 132 Å². The zero-order valence-electron chi connectivity index (χ0n) is 59.6. The molecule has 13 rings (SSSR count). The summed E-state index contributed by atoms with van der Waals surface area (Å²) in [6.07, 6.45) is 14.3. The number of carbonyl (C=O) groups is 3. The Morgan fingerprint density at radius 1 is 0.563 bits per heavy atom. The number of rotatable bonds is 21. The SMILES string of the molecule is CC(C)N(CCO)C(=O)c1nc(CC2(c3ccc(Br)cc3)CCCC2)[nH]c(=O)c1OCc1ccccc1.CC(C)N1CCn2c(CC3(c4ccc(Br)cc4)CCCC3)nc(=O)c(OCc3ccccc3)c2C1=O.[C-]#[N+]c1ccc(C2(Cc3nc(=O)c(O)c4n3CCN(C(C)C)C4=O)CCCC2)cc1. The van der Waals surface area contributed by atoms with Crippen LogP contribution in [0, 0.1) is 6.57 Å². The molecule has 540 valence electrons. The van der Waals surface area contributed by atoms with E-state index in [4.69, 9.17) is 21.0 Å². The molecule has 3 aromatic heterocycles. The van der Waals surface area contributed by atoms with Gasteiger partial charge in [0.15, 0.2) is 22.8 Å². The van der Waals surface area contributed by atoms with E-state index in [1.165, 1.54) is 16.0 Å². The van der Waals surface area contributed by atoms with Gasteiger partial charge in [0.25, 0.3) is 23.3 Å². The first-order valence-corrected chi connectivity index (χ1v) is 37.6. The zero-order valence-corrected chi connectivity index (χ0v) is 62.8. The monoisotopic (exact) mass is 1520 g/mol. The molecular weight excluding hydrogens is 1430 g/mol. The molecule has 103 heavy (non-hydrogen) atoms. The second-order valence-electron chi connectivity index (χ2n) is 28.7. The van der Waals surface area contributed by atoms with E-state index in [0.29, 0.717) is 74.3 Å². The average molecular weight is 1530 g/mol. The highest BCUT2D eigenvalue weighted by Gasteiger charge is 2.43. The van der Waals surface area contributed by atoms with Gasteiger partial charge in [-0.2, -0.15) is 9.97 Å². The zero-order chi connectivity index (χ0) is 73.2. The summed E-state index contributed by atoms with van der Waals surface area (Å²) in [7, 11) is 0. The third-order valence-electron chi connectivity index (χ3n) is 21.3. The van der Waals surface area contributed by atoms with Crippen molar-refractivity contribution < 1.29 is 34.1 Å². The molecule has 0 spiro atoms. The first-order chi connectivity index (χ1) is 49.6. The second-order valence-corrected chi connectivity index (χ2v) is 30.6. The lowest BCUT2D eigenvalue weighted by Gasteiger charge is -2.36. The van der Waals surface area contributed by atoms with Crippen LogP contribution in [0.1, 0.15) is 195 Å². The van der Waals surface area contributed by atoms with Crippen LogP contribution in [0.3, 0.4) is 0 Å². The Morgan fingerprint density at radius 2 is 0.981 bits per heavy atom. The van der Waals surface area contributed by atoms with Crippen molar-refractivity contribution in [3.63, 3.8) is 0 Å². The van der Waals surface area contributed by atoms with Crippen LogP contribution < -0.4 is 26.2 Å². The largest absolute Gasteiger partial charge is 0.501 e. The van der Waals surface area contributed by atoms with Gasteiger partial charge < -0.3 is 48.5 Å².